The molecule has 0 aliphatic heterocycles. The summed E-state index contributed by atoms with van der Waals surface area (Å²) in [6.45, 7) is 0. The molecule has 0 atom stereocenters. The summed E-state index contributed by atoms with van der Waals surface area (Å²) < 4.78 is 14.4. The van der Waals surface area contributed by atoms with E-state index in [1.165, 1.54) is 24.3 Å². The van der Waals surface area contributed by atoms with Crippen LogP contribution in [0.5, 0.6) is 0 Å². The third-order valence-electron chi connectivity index (χ3n) is 4.51. The number of amidine groups is 1. The molecule has 0 aliphatic rings. The van der Waals surface area contributed by atoms with Crippen LogP contribution in [0.15, 0.2) is 60.7 Å². The lowest BCUT2D eigenvalue weighted by molar-refractivity contribution is 0.102. The molecular formula is C25H17FN4O2. The molecule has 0 saturated heterocycles. The minimum absolute atomic E-state index is 0.0931. The molecule has 0 bridgehead atoms. The second-order valence-electron chi connectivity index (χ2n) is 6.64. The number of carbonyl (C=O) groups is 2. The predicted molar refractivity (Wildman–Crippen MR) is 122 cm³/mol. The topological polar surface area (TPSA) is 108 Å². The van der Waals surface area contributed by atoms with Gasteiger partial charge < -0.3 is 16.4 Å². The van der Waals surface area contributed by atoms with Crippen molar-refractivity contribution in [2.45, 2.75) is 0 Å². The summed E-state index contributed by atoms with van der Waals surface area (Å²) in [5, 5.41) is 12.6. The molecule has 156 valence electrons. The Morgan fingerprint density at radius 2 is 1.47 bits per heavy atom. The van der Waals surface area contributed by atoms with E-state index in [9.17, 15) is 14.0 Å². The molecule has 6 nitrogen and oxygen atoms in total. The summed E-state index contributed by atoms with van der Waals surface area (Å²) in [5.41, 5.74) is 7.02. The first-order valence-electron chi connectivity index (χ1n) is 9.26. The van der Waals surface area contributed by atoms with Crippen molar-refractivity contribution in [2.75, 3.05) is 10.6 Å². The lowest BCUT2D eigenvalue weighted by atomic mass is 10.1. The van der Waals surface area contributed by atoms with Crippen molar-refractivity contribution in [1.82, 2.24) is 0 Å². The van der Waals surface area contributed by atoms with E-state index in [0.29, 0.717) is 16.8 Å². The zero-order valence-corrected chi connectivity index (χ0v) is 16.7. The van der Waals surface area contributed by atoms with Crippen LogP contribution < -0.4 is 16.4 Å². The maximum atomic E-state index is 14.4. The summed E-state index contributed by atoms with van der Waals surface area (Å²) in [5.74, 6) is 2.43. The fourth-order valence-electron chi connectivity index (χ4n) is 2.84. The monoisotopic (exact) mass is 424 g/mol. The van der Waals surface area contributed by atoms with Crippen LogP contribution in [0.4, 0.5) is 15.8 Å². The van der Waals surface area contributed by atoms with Crippen LogP contribution in [0, 0.1) is 35.9 Å². The Morgan fingerprint density at radius 1 is 0.844 bits per heavy atom. The molecule has 0 aliphatic carbocycles. The summed E-state index contributed by atoms with van der Waals surface area (Å²) >= 11 is 0. The second-order valence-corrected chi connectivity index (χ2v) is 6.64. The normalized spacial score (nSPS) is 9.84. The highest BCUT2D eigenvalue weighted by Crippen LogP contribution is 2.21. The van der Waals surface area contributed by atoms with Crippen molar-refractivity contribution < 1.29 is 14.0 Å². The van der Waals surface area contributed by atoms with Gasteiger partial charge in [-0.1, -0.05) is 17.9 Å². The molecule has 0 fully saturated rings. The molecule has 32 heavy (non-hydrogen) atoms. The molecule has 5 N–H and O–H groups in total. The first-order chi connectivity index (χ1) is 15.3. The quantitative estimate of drug-likeness (QED) is 0.286. The molecule has 3 aromatic carbocycles. The van der Waals surface area contributed by atoms with Gasteiger partial charge in [0.1, 0.15) is 11.7 Å². The third-order valence-corrected chi connectivity index (χ3v) is 4.51. The van der Waals surface area contributed by atoms with E-state index in [0.717, 1.165) is 6.07 Å². The van der Waals surface area contributed by atoms with Gasteiger partial charge in [0.2, 0.25) is 0 Å². The first kappa shape index (κ1) is 21.8. The van der Waals surface area contributed by atoms with E-state index < -0.39 is 17.6 Å². The predicted octanol–water partition coefficient (Wildman–Crippen LogP) is 3.58. The SMILES string of the molecule is C#Cc1ccc(NC(=O)c2cc(C#C)ccc2NC(=O)c2ccc(C(=N)N)cc2F)cc1. The van der Waals surface area contributed by atoms with Crippen LogP contribution in [0.2, 0.25) is 0 Å². The van der Waals surface area contributed by atoms with Gasteiger partial charge in [-0.3, -0.25) is 15.0 Å². The number of nitrogen functional groups attached to an aromatic ring is 1. The number of halogens is 1. The maximum Gasteiger partial charge on any atom is 0.258 e. The fourth-order valence-corrected chi connectivity index (χ4v) is 2.84. The number of rotatable bonds is 5. The van der Waals surface area contributed by atoms with Gasteiger partial charge >= 0.3 is 0 Å². The number of nitrogens with one attached hydrogen (secondary N) is 3. The molecule has 7 heteroatoms. The Bertz CT molecular complexity index is 1320. The Morgan fingerprint density at radius 3 is 2.06 bits per heavy atom. The van der Waals surface area contributed by atoms with Gasteiger partial charge in [0.05, 0.1) is 16.8 Å². The van der Waals surface area contributed by atoms with Gasteiger partial charge in [-0.25, -0.2) is 4.39 Å². The van der Waals surface area contributed by atoms with Gasteiger partial charge in [0.15, 0.2) is 0 Å². The lowest BCUT2D eigenvalue weighted by Gasteiger charge is -2.13. The van der Waals surface area contributed by atoms with E-state index in [2.05, 4.69) is 22.5 Å². The summed E-state index contributed by atoms with van der Waals surface area (Å²) in [6.07, 6.45) is 10.8. The number of benzene rings is 3. The minimum atomic E-state index is -0.852. The fraction of sp³-hybridized carbons (Fsp3) is 0. The Balaban J connectivity index is 1.89. The highest BCUT2D eigenvalue weighted by molar-refractivity contribution is 6.13. The van der Waals surface area contributed by atoms with Crippen LogP contribution in [0.25, 0.3) is 0 Å². The number of amides is 2. The number of anilines is 2. The van der Waals surface area contributed by atoms with Crippen molar-refractivity contribution in [2.24, 2.45) is 5.73 Å². The smallest absolute Gasteiger partial charge is 0.258 e. The van der Waals surface area contributed by atoms with Crippen LogP contribution in [-0.2, 0) is 0 Å². The van der Waals surface area contributed by atoms with Crippen LogP contribution in [-0.4, -0.2) is 17.6 Å². The number of terminal acetylenes is 2. The van der Waals surface area contributed by atoms with Crippen molar-refractivity contribution in [3.8, 4) is 24.7 Å². The lowest BCUT2D eigenvalue weighted by Crippen LogP contribution is -2.20. The first-order valence-corrected chi connectivity index (χ1v) is 9.26. The number of hydrogen-bond acceptors (Lipinski definition) is 3. The van der Waals surface area contributed by atoms with Crippen molar-refractivity contribution in [1.29, 1.82) is 5.41 Å². The van der Waals surface area contributed by atoms with Crippen molar-refractivity contribution in [3.63, 3.8) is 0 Å². The van der Waals surface area contributed by atoms with Gasteiger partial charge in [-0.2, -0.15) is 0 Å². The summed E-state index contributed by atoms with van der Waals surface area (Å²) in [7, 11) is 0. The molecule has 0 spiro atoms. The van der Waals surface area contributed by atoms with Crippen LogP contribution in [0.3, 0.4) is 0 Å². The van der Waals surface area contributed by atoms with Crippen molar-refractivity contribution >= 4 is 29.0 Å². The van der Waals surface area contributed by atoms with Crippen LogP contribution >= 0.6 is 0 Å². The average Bonchev–Trinajstić information content (AvgIpc) is 2.79. The van der Waals surface area contributed by atoms with E-state index in [4.69, 9.17) is 24.0 Å². The maximum absolute atomic E-state index is 14.4. The Hall–Kier alpha value is -4.88. The molecule has 2 amide bonds. The van der Waals surface area contributed by atoms with Crippen molar-refractivity contribution in [3.05, 3.63) is 94.3 Å². The minimum Gasteiger partial charge on any atom is -0.384 e. The largest absolute Gasteiger partial charge is 0.384 e. The molecule has 0 saturated carbocycles. The number of carbonyl (C=O) groups excluding carboxylic acids is 2. The number of nitrogens with two attached hydrogens (primary N) is 1. The van der Waals surface area contributed by atoms with Gasteiger partial charge in [-0.05, 0) is 54.6 Å². The van der Waals surface area contributed by atoms with E-state index >= 15 is 0 Å². The van der Waals surface area contributed by atoms with Gasteiger partial charge in [-0.15, -0.1) is 12.8 Å². The molecular weight excluding hydrogens is 407 g/mol. The van der Waals surface area contributed by atoms with Gasteiger partial charge in [0.25, 0.3) is 11.8 Å². The zero-order valence-electron chi connectivity index (χ0n) is 16.7. The second kappa shape index (κ2) is 9.29. The summed E-state index contributed by atoms with van der Waals surface area (Å²) in [6, 6.07) is 14.6. The van der Waals surface area contributed by atoms with E-state index in [-0.39, 0.29) is 28.2 Å². The molecule has 3 rings (SSSR count). The standard InChI is InChI=1S/C25H17FN4O2/c1-3-15-5-9-18(10-6-15)29-25(32)20-13-16(4-2)7-12-22(20)30-24(31)19-11-8-17(23(27)28)14-21(19)26/h1-2,5-14H,(H3,27,28)(H,29,32)(H,30,31). The summed E-state index contributed by atoms with van der Waals surface area (Å²) in [4.78, 5) is 25.5. The highest BCUT2D eigenvalue weighted by atomic mass is 19.1. The third kappa shape index (κ3) is 4.81. The highest BCUT2D eigenvalue weighted by Gasteiger charge is 2.18. The van der Waals surface area contributed by atoms with E-state index in [1.54, 1.807) is 30.3 Å². The number of hydrogen-bond donors (Lipinski definition) is 4. The molecule has 3 aromatic rings. The molecule has 0 aromatic heterocycles. The van der Waals surface area contributed by atoms with Gasteiger partial charge in [0, 0.05) is 22.4 Å². The molecule has 0 unspecified atom stereocenters. The Kier molecular flexibility index (Phi) is 6.33. The zero-order chi connectivity index (χ0) is 23.3. The Labute approximate surface area is 184 Å². The van der Waals surface area contributed by atoms with E-state index in [1.807, 2.05) is 0 Å². The molecule has 0 heterocycles. The van der Waals surface area contributed by atoms with Crippen LogP contribution in [0.1, 0.15) is 37.4 Å². The average molecular weight is 424 g/mol. The molecule has 0 radical (unpaired) electrons.